The molecule has 3 aromatic carbocycles. The number of benzene rings is 3. The molecule has 3 N–H and O–H groups in total. The molecule has 0 spiro atoms. The van der Waals surface area contributed by atoms with Gasteiger partial charge in [0.05, 0.1) is 19.8 Å². The molecule has 0 amide bonds. The van der Waals surface area contributed by atoms with Gasteiger partial charge in [-0.3, -0.25) is 0 Å². The van der Waals surface area contributed by atoms with Crippen molar-refractivity contribution in [3.05, 3.63) is 118 Å². The first-order chi connectivity index (χ1) is 16.9. The normalized spacial score (nSPS) is 25.5. The van der Waals surface area contributed by atoms with Gasteiger partial charge in [-0.05, 0) is 22.2 Å². The Labute approximate surface area is 204 Å². The first-order valence-electron chi connectivity index (χ1n) is 11.4. The van der Waals surface area contributed by atoms with Gasteiger partial charge in [-0.2, -0.15) is 0 Å². The molecule has 0 unspecified atom stereocenters. The lowest BCUT2D eigenvalue weighted by Gasteiger charge is -2.43. The molecule has 182 valence electrons. The van der Waals surface area contributed by atoms with Crippen LogP contribution in [0.5, 0.6) is 0 Å². The van der Waals surface area contributed by atoms with Crippen LogP contribution in [0.4, 0.5) is 0 Å². The van der Waals surface area contributed by atoms with E-state index in [0.29, 0.717) is 0 Å². The Bertz CT molecular complexity index is 1140. The summed E-state index contributed by atoms with van der Waals surface area (Å²) < 4.78 is 11.5. The highest BCUT2D eigenvalue weighted by Crippen LogP contribution is 2.45. The second-order valence-corrected chi connectivity index (χ2v) is 9.02. The zero-order valence-electron chi connectivity index (χ0n) is 19.3. The van der Waals surface area contributed by atoms with Crippen molar-refractivity contribution in [1.29, 1.82) is 0 Å². The number of hydrogen-bond acceptors (Lipinski definition) is 6. The summed E-state index contributed by atoms with van der Waals surface area (Å²) in [5.74, 6) is 0. The van der Waals surface area contributed by atoms with Crippen molar-refractivity contribution >= 4 is 0 Å². The minimum absolute atomic E-state index is 0.0379. The monoisotopic (exact) mass is 475 g/mol. The quantitative estimate of drug-likeness (QED) is 0.235. The van der Waals surface area contributed by atoms with Crippen LogP contribution in [-0.2, 0) is 28.9 Å². The summed E-state index contributed by atoms with van der Waals surface area (Å²) in [7, 11) is 0. The maximum Gasteiger partial charge on any atom is 0.196 e. The molecule has 4 atom stereocenters. The maximum atomic E-state index is 12.1. The summed E-state index contributed by atoms with van der Waals surface area (Å²) in [6.07, 6.45) is -1.41. The molecule has 1 aliphatic heterocycles. The lowest BCUT2D eigenvalue weighted by Crippen LogP contribution is -2.65. The number of hydrogen-bond donors (Lipinski definition) is 3. The Balaban J connectivity index is 1.66. The Hall–Kier alpha value is -3.23. The molecule has 0 radical (unpaired) electrons. The minimum atomic E-state index is -2.27. The van der Waals surface area contributed by atoms with Gasteiger partial charge in [-0.15, -0.1) is 0 Å². The zero-order valence-corrected chi connectivity index (χ0v) is 19.3. The van der Waals surface area contributed by atoms with Crippen LogP contribution in [0.3, 0.4) is 0 Å². The van der Waals surface area contributed by atoms with Crippen LogP contribution in [0.2, 0.25) is 0 Å². The van der Waals surface area contributed by atoms with Crippen molar-refractivity contribution < 1.29 is 24.8 Å². The van der Waals surface area contributed by atoms with Gasteiger partial charge in [0.1, 0.15) is 17.3 Å². The maximum absolute atomic E-state index is 12.1. The second-order valence-electron chi connectivity index (χ2n) is 9.02. The third-order valence-electron chi connectivity index (χ3n) is 6.45. The number of nitrogens with zero attached hydrogens (tertiary/aromatic N) is 3. The Kier molecular flexibility index (Phi) is 7.52. The average molecular weight is 476 g/mol. The average Bonchev–Trinajstić information content (AvgIpc) is 3.11. The molecule has 35 heavy (non-hydrogen) atoms. The van der Waals surface area contributed by atoms with Crippen molar-refractivity contribution in [2.24, 2.45) is 5.11 Å². The van der Waals surface area contributed by atoms with Gasteiger partial charge in [0.2, 0.25) is 0 Å². The van der Waals surface area contributed by atoms with Crippen LogP contribution in [0.1, 0.15) is 16.7 Å². The minimum Gasteiger partial charge on any atom is -0.384 e. The lowest BCUT2D eigenvalue weighted by atomic mass is 9.71. The van der Waals surface area contributed by atoms with E-state index in [9.17, 15) is 20.9 Å². The smallest absolute Gasteiger partial charge is 0.196 e. The number of azide groups is 1. The van der Waals surface area contributed by atoms with E-state index in [0.717, 1.165) is 16.7 Å². The third kappa shape index (κ3) is 5.39. The molecule has 1 saturated heterocycles. The van der Waals surface area contributed by atoms with Crippen molar-refractivity contribution in [2.45, 2.75) is 42.5 Å². The zero-order chi connectivity index (χ0) is 24.8. The van der Waals surface area contributed by atoms with Crippen molar-refractivity contribution in [2.75, 3.05) is 13.2 Å². The molecule has 8 nitrogen and oxygen atoms in total. The van der Waals surface area contributed by atoms with Crippen molar-refractivity contribution in [3.63, 3.8) is 0 Å². The lowest BCUT2D eigenvalue weighted by molar-refractivity contribution is -0.197. The van der Waals surface area contributed by atoms with Crippen LogP contribution in [0.15, 0.2) is 96.1 Å². The highest BCUT2D eigenvalue weighted by molar-refractivity contribution is 5.28. The first kappa shape index (κ1) is 24.9. The Morgan fingerprint density at radius 3 is 1.94 bits per heavy atom. The van der Waals surface area contributed by atoms with Gasteiger partial charge in [-0.25, -0.2) is 0 Å². The molecule has 1 fully saturated rings. The van der Waals surface area contributed by atoms with E-state index < -0.39 is 29.6 Å². The molecule has 0 bridgehead atoms. The molecule has 1 heterocycles. The Morgan fingerprint density at radius 1 is 0.886 bits per heavy atom. The molecule has 8 heteroatoms. The summed E-state index contributed by atoms with van der Waals surface area (Å²) in [6.45, 7) is -0.546. The summed E-state index contributed by atoms with van der Waals surface area (Å²) in [5.41, 5.74) is 5.59. The van der Waals surface area contributed by atoms with Crippen LogP contribution < -0.4 is 0 Å². The topological polar surface area (TPSA) is 128 Å². The predicted molar refractivity (Wildman–Crippen MR) is 130 cm³/mol. The van der Waals surface area contributed by atoms with E-state index in [1.54, 1.807) is 0 Å². The highest BCUT2D eigenvalue weighted by Gasteiger charge is 2.65. The van der Waals surface area contributed by atoms with Gasteiger partial charge < -0.3 is 24.8 Å². The molecular weight excluding hydrogens is 446 g/mol. The van der Waals surface area contributed by atoms with E-state index in [1.165, 1.54) is 0 Å². The van der Waals surface area contributed by atoms with Crippen LogP contribution in [-0.4, -0.2) is 51.6 Å². The fourth-order valence-electron chi connectivity index (χ4n) is 4.67. The molecule has 1 aliphatic rings. The summed E-state index contributed by atoms with van der Waals surface area (Å²) in [5, 5.41) is 38.9. The van der Waals surface area contributed by atoms with E-state index in [2.05, 4.69) is 10.0 Å². The number of rotatable bonds is 10. The van der Waals surface area contributed by atoms with Crippen molar-refractivity contribution in [3.8, 4) is 0 Å². The third-order valence-corrected chi connectivity index (χ3v) is 6.45. The van der Waals surface area contributed by atoms with Crippen LogP contribution in [0.25, 0.3) is 10.4 Å². The fraction of sp³-hybridized carbons (Fsp3) is 0.333. The van der Waals surface area contributed by atoms with E-state index in [1.807, 2.05) is 91.0 Å². The molecule has 0 aromatic heterocycles. The Morgan fingerprint density at radius 2 is 1.40 bits per heavy atom. The predicted octanol–water partition coefficient (Wildman–Crippen LogP) is 3.55. The van der Waals surface area contributed by atoms with E-state index >= 15 is 0 Å². The largest absolute Gasteiger partial charge is 0.384 e. The van der Waals surface area contributed by atoms with Gasteiger partial charge >= 0.3 is 0 Å². The standard InChI is InChI=1S/C27H29N3O5/c28-30-29-27(33,20-34-18-23-14-8-3-9-15-23)24-26(32,17-22-12-6-2-7-13-22)25(31,19-35-24)16-21-10-4-1-5-11-21/h1-15,24,31-33H,16-20H2/t24-,25+,26+,27+/m1/s1. The second kappa shape index (κ2) is 10.6. The molecule has 3 aromatic rings. The fourth-order valence-corrected chi connectivity index (χ4v) is 4.67. The SMILES string of the molecule is [N-]=[N+]=N[C@](O)(COCc1ccccc1)[C@@H]1OC[C@@](O)(Cc2ccccc2)[C@]1(O)Cc1ccccc1. The summed E-state index contributed by atoms with van der Waals surface area (Å²) >= 11 is 0. The van der Waals surface area contributed by atoms with Gasteiger partial charge in [0.15, 0.2) is 5.72 Å². The van der Waals surface area contributed by atoms with Gasteiger partial charge in [0, 0.05) is 17.8 Å². The van der Waals surface area contributed by atoms with Gasteiger partial charge in [-0.1, -0.05) is 96.1 Å². The van der Waals surface area contributed by atoms with E-state index in [-0.39, 0.29) is 26.1 Å². The van der Waals surface area contributed by atoms with Gasteiger partial charge in [0.25, 0.3) is 0 Å². The first-order valence-corrected chi connectivity index (χ1v) is 11.4. The van der Waals surface area contributed by atoms with Crippen LogP contribution in [0, 0.1) is 0 Å². The van der Waals surface area contributed by atoms with Crippen molar-refractivity contribution in [1.82, 2.24) is 0 Å². The molecular formula is C27H29N3O5. The summed E-state index contributed by atoms with van der Waals surface area (Å²) in [4.78, 5) is 2.80. The number of ether oxygens (including phenoxy) is 2. The molecule has 4 rings (SSSR count). The summed E-state index contributed by atoms with van der Waals surface area (Å²) in [6, 6.07) is 27.7. The molecule has 0 aliphatic carbocycles. The highest BCUT2D eigenvalue weighted by atomic mass is 16.6. The van der Waals surface area contributed by atoms with Crippen LogP contribution >= 0.6 is 0 Å². The van der Waals surface area contributed by atoms with E-state index in [4.69, 9.17) is 9.47 Å². The number of aliphatic hydroxyl groups is 3. The molecule has 0 saturated carbocycles.